The fourth-order valence-electron chi connectivity index (χ4n) is 3.98. The van der Waals surface area contributed by atoms with E-state index in [4.69, 9.17) is 33.0 Å². The van der Waals surface area contributed by atoms with Gasteiger partial charge in [-0.1, -0.05) is 47.5 Å². The average molecular weight is 462 g/mol. The number of halogens is 2. The molecule has 0 saturated carbocycles. The van der Waals surface area contributed by atoms with Crippen LogP contribution in [0, 0.1) is 0 Å². The van der Waals surface area contributed by atoms with Crippen molar-refractivity contribution in [2.75, 3.05) is 20.1 Å². The number of aliphatic carboxylic acids is 1. The Morgan fingerprint density at radius 3 is 2.60 bits per heavy atom. The summed E-state index contributed by atoms with van der Waals surface area (Å²) in [5, 5.41) is 9.76. The maximum atomic E-state index is 11.1. The van der Waals surface area contributed by atoms with E-state index in [0.717, 1.165) is 31.5 Å². The summed E-state index contributed by atoms with van der Waals surface area (Å²) in [5.41, 5.74) is 3.73. The lowest BCUT2D eigenvalue weighted by Crippen LogP contribution is -2.34. The van der Waals surface area contributed by atoms with E-state index < -0.39 is 11.6 Å². The lowest BCUT2D eigenvalue weighted by Gasteiger charge is -2.32. The first kappa shape index (κ1) is 21.3. The molecule has 7 heteroatoms. The summed E-state index contributed by atoms with van der Waals surface area (Å²) in [6, 6.07) is 18.0. The van der Waals surface area contributed by atoms with Gasteiger partial charge in [0.15, 0.2) is 0 Å². The zero-order valence-corrected chi connectivity index (χ0v) is 18.7. The number of benzene rings is 2. The van der Waals surface area contributed by atoms with Crippen LogP contribution in [0.25, 0.3) is 10.4 Å². The maximum absolute atomic E-state index is 11.1. The summed E-state index contributed by atoms with van der Waals surface area (Å²) < 4.78 is 7.21. The van der Waals surface area contributed by atoms with E-state index in [0.29, 0.717) is 24.6 Å². The average Bonchev–Trinajstić information content (AvgIpc) is 3.30. The van der Waals surface area contributed by atoms with Crippen LogP contribution in [-0.2, 0) is 21.7 Å². The van der Waals surface area contributed by atoms with Crippen molar-refractivity contribution >= 4 is 40.5 Å². The molecule has 1 unspecified atom stereocenters. The van der Waals surface area contributed by atoms with Crippen LogP contribution in [-0.4, -0.2) is 36.1 Å². The van der Waals surface area contributed by atoms with Crippen molar-refractivity contribution in [1.82, 2.24) is 4.90 Å². The number of carboxylic acid groups (broad SMARTS) is 1. The molecule has 4 rings (SSSR count). The van der Waals surface area contributed by atoms with E-state index in [-0.39, 0.29) is 6.54 Å². The van der Waals surface area contributed by atoms with Crippen molar-refractivity contribution in [2.24, 2.45) is 0 Å². The third-order valence-corrected chi connectivity index (χ3v) is 6.97. The standard InChI is InChI=1S/C23H21Cl2NO3S/c1-26(13-22(27)28)11-10-23(17-3-5-18(24)6-4-17)19-7-2-15(12-16(19)14-29-23)20-8-9-21(25)30-20/h2-9,12H,10-11,13-14H2,1H3,(H,27,28). The van der Waals surface area contributed by atoms with Crippen LogP contribution < -0.4 is 0 Å². The Bertz CT molecular complexity index is 1070. The molecule has 0 bridgehead atoms. The molecule has 156 valence electrons. The van der Waals surface area contributed by atoms with Gasteiger partial charge in [-0.2, -0.15) is 0 Å². The molecule has 1 N–H and O–H groups in total. The summed E-state index contributed by atoms with van der Waals surface area (Å²) in [6.45, 7) is 1.06. The van der Waals surface area contributed by atoms with Gasteiger partial charge in [0.1, 0.15) is 5.60 Å². The number of hydrogen-bond donors (Lipinski definition) is 1. The number of fused-ring (bicyclic) bond motifs is 1. The second kappa shape index (κ2) is 8.69. The molecule has 1 aliphatic rings. The minimum Gasteiger partial charge on any atom is -0.480 e. The molecule has 4 nitrogen and oxygen atoms in total. The monoisotopic (exact) mass is 461 g/mol. The highest BCUT2D eigenvalue weighted by molar-refractivity contribution is 7.19. The van der Waals surface area contributed by atoms with Gasteiger partial charge < -0.3 is 9.84 Å². The molecule has 2 heterocycles. The molecule has 0 aliphatic carbocycles. The normalized spacial score (nSPS) is 18.0. The van der Waals surface area contributed by atoms with Gasteiger partial charge in [-0.15, -0.1) is 11.3 Å². The molecular weight excluding hydrogens is 441 g/mol. The number of rotatable bonds is 7. The van der Waals surface area contributed by atoms with Gasteiger partial charge in [0.05, 0.1) is 17.5 Å². The zero-order chi connectivity index (χ0) is 21.3. The number of carbonyl (C=O) groups is 1. The number of likely N-dealkylation sites (N-methyl/N-ethyl adjacent to an activating group) is 1. The van der Waals surface area contributed by atoms with Gasteiger partial charge in [0, 0.05) is 16.4 Å². The van der Waals surface area contributed by atoms with Crippen molar-refractivity contribution in [1.29, 1.82) is 0 Å². The van der Waals surface area contributed by atoms with Crippen molar-refractivity contribution in [3.8, 4) is 10.4 Å². The third-order valence-electron chi connectivity index (χ3n) is 5.43. The third kappa shape index (κ3) is 4.27. The lowest BCUT2D eigenvalue weighted by molar-refractivity contribution is -0.138. The van der Waals surface area contributed by atoms with Crippen LogP contribution >= 0.6 is 34.5 Å². The predicted molar refractivity (Wildman–Crippen MR) is 122 cm³/mol. The van der Waals surface area contributed by atoms with Crippen LogP contribution in [0.4, 0.5) is 0 Å². The number of nitrogens with zero attached hydrogens (tertiary/aromatic N) is 1. The summed E-state index contributed by atoms with van der Waals surface area (Å²) in [5.74, 6) is -0.843. The highest BCUT2D eigenvalue weighted by atomic mass is 35.5. The molecule has 2 aromatic carbocycles. The summed E-state index contributed by atoms with van der Waals surface area (Å²) in [7, 11) is 1.81. The first-order valence-electron chi connectivity index (χ1n) is 9.57. The van der Waals surface area contributed by atoms with Gasteiger partial charge in [-0.25, -0.2) is 0 Å². The van der Waals surface area contributed by atoms with Crippen molar-refractivity contribution in [3.05, 3.63) is 80.6 Å². The fraction of sp³-hybridized carbons (Fsp3) is 0.261. The molecule has 0 radical (unpaired) electrons. The van der Waals surface area contributed by atoms with Crippen molar-refractivity contribution in [3.63, 3.8) is 0 Å². The smallest absolute Gasteiger partial charge is 0.317 e. The molecule has 0 saturated heterocycles. The van der Waals surface area contributed by atoms with Gasteiger partial charge >= 0.3 is 5.97 Å². The van der Waals surface area contributed by atoms with E-state index in [2.05, 4.69) is 18.2 Å². The summed E-state index contributed by atoms with van der Waals surface area (Å²) in [4.78, 5) is 14.0. The van der Waals surface area contributed by atoms with Gasteiger partial charge in [0.2, 0.25) is 0 Å². The Morgan fingerprint density at radius 1 is 1.17 bits per heavy atom. The van der Waals surface area contributed by atoms with Crippen LogP contribution in [0.3, 0.4) is 0 Å². The molecule has 0 fully saturated rings. The predicted octanol–water partition coefficient (Wildman–Crippen LogP) is 5.90. The number of hydrogen-bond acceptors (Lipinski definition) is 4. The Morgan fingerprint density at radius 2 is 1.93 bits per heavy atom. The molecule has 1 aromatic heterocycles. The van der Waals surface area contributed by atoms with E-state index in [9.17, 15) is 4.79 Å². The molecule has 1 aliphatic heterocycles. The molecule has 3 aromatic rings. The zero-order valence-electron chi connectivity index (χ0n) is 16.4. The summed E-state index contributed by atoms with van der Waals surface area (Å²) in [6.07, 6.45) is 0.635. The highest BCUT2D eigenvalue weighted by Gasteiger charge is 2.41. The van der Waals surface area contributed by atoms with Crippen LogP contribution in [0.5, 0.6) is 0 Å². The van der Waals surface area contributed by atoms with Crippen molar-refractivity contribution < 1.29 is 14.6 Å². The second-order valence-electron chi connectivity index (χ2n) is 7.48. The van der Waals surface area contributed by atoms with Gasteiger partial charge in [0.25, 0.3) is 0 Å². The van der Waals surface area contributed by atoms with Crippen LogP contribution in [0.1, 0.15) is 23.1 Å². The van der Waals surface area contributed by atoms with Crippen LogP contribution in [0.2, 0.25) is 9.36 Å². The first-order chi connectivity index (χ1) is 14.4. The van der Waals surface area contributed by atoms with E-state index in [1.165, 1.54) is 0 Å². The minimum absolute atomic E-state index is 0.0123. The second-order valence-corrected chi connectivity index (χ2v) is 9.63. The minimum atomic E-state index is -0.843. The van der Waals surface area contributed by atoms with E-state index in [1.807, 2.05) is 43.4 Å². The Labute approximate surface area is 189 Å². The molecular formula is C23H21Cl2NO3S. The Hall–Kier alpha value is -1.89. The van der Waals surface area contributed by atoms with Crippen molar-refractivity contribution in [2.45, 2.75) is 18.6 Å². The quantitative estimate of drug-likeness (QED) is 0.475. The first-order valence-corrected chi connectivity index (χ1v) is 11.1. The molecule has 0 spiro atoms. The lowest BCUT2D eigenvalue weighted by atomic mass is 9.82. The molecule has 30 heavy (non-hydrogen) atoms. The largest absolute Gasteiger partial charge is 0.480 e. The summed E-state index contributed by atoms with van der Waals surface area (Å²) >= 11 is 13.8. The Balaban J connectivity index is 1.71. The van der Waals surface area contributed by atoms with E-state index >= 15 is 0 Å². The van der Waals surface area contributed by atoms with Gasteiger partial charge in [-0.05, 0) is 66.1 Å². The highest BCUT2D eigenvalue weighted by Crippen LogP contribution is 2.46. The Kier molecular flexibility index (Phi) is 6.19. The maximum Gasteiger partial charge on any atom is 0.317 e. The molecule has 1 atom stereocenters. The topological polar surface area (TPSA) is 49.8 Å². The van der Waals surface area contributed by atoms with Gasteiger partial charge in [-0.3, -0.25) is 9.69 Å². The number of carboxylic acids is 1. The van der Waals surface area contributed by atoms with E-state index in [1.54, 1.807) is 16.2 Å². The molecule has 0 amide bonds. The SMILES string of the molecule is CN(CCC1(c2ccc(Cl)cc2)OCc2cc(-c3ccc(Cl)s3)ccc21)CC(=O)O. The fourth-order valence-corrected chi connectivity index (χ4v) is 5.14. The number of thiophene rings is 1. The van der Waals surface area contributed by atoms with Crippen LogP contribution in [0.15, 0.2) is 54.6 Å². The number of ether oxygens (including phenoxy) is 1.